The van der Waals surface area contributed by atoms with Crippen LogP contribution < -0.4 is 15.4 Å². The topological polar surface area (TPSA) is 87.3 Å². The lowest BCUT2D eigenvalue weighted by atomic mass is 9.99. The second-order valence-electron chi connectivity index (χ2n) is 7.65. The molecule has 3 fully saturated rings. The number of halogens is 1. The Morgan fingerprint density at radius 3 is 2.35 bits per heavy atom. The monoisotopic (exact) mass is 399 g/mol. The van der Waals surface area contributed by atoms with E-state index in [2.05, 4.69) is 15.4 Å². The molecule has 1 aromatic rings. The third kappa shape index (κ3) is 4.22. The van der Waals surface area contributed by atoms with Gasteiger partial charge in [0.1, 0.15) is 0 Å². The zero-order chi connectivity index (χ0) is 17.6. The number of aryl methyl sites for hydroxylation is 1. The van der Waals surface area contributed by atoms with Gasteiger partial charge in [0.15, 0.2) is 0 Å². The first-order valence-electron chi connectivity index (χ1n) is 9.10. The lowest BCUT2D eigenvalue weighted by Gasteiger charge is -2.29. The summed E-state index contributed by atoms with van der Waals surface area (Å²) in [7, 11) is -3.55. The van der Waals surface area contributed by atoms with Gasteiger partial charge in [-0.05, 0) is 63.1 Å². The number of fused-ring (bicyclic) bond motifs is 2. The zero-order valence-electron chi connectivity index (χ0n) is 14.8. The second-order valence-corrected chi connectivity index (χ2v) is 9.37. The summed E-state index contributed by atoms with van der Waals surface area (Å²) in [6, 6.07) is 6.00. The Labute approximate surface area is 161 Å². The number of piperidine rings is 1. The van der Waals surface area contributed by atoms with Crippen molar-refractivity contribution >= 4 is 28.3 Å². The minimum atomic E-state index is -3.55. The summed E-state index contributed by atoms with van der Waals surface area (Å²) >= 11 is 0. The number of carbonyl (C=O) groups excluding carboxylic acids is 1. The van der Waals surface area contributed by atoms with Crippen LogP contribution in [0.1, 0.15) is 54.4 Å². The molecule has 1 amide bonds. The molecule has 3 aliphatic rings. The summed E-state index contributed by atoms with van der Waals surface area (Å²) < 4.78 is 27.5. The molecule has 2 atom stereocenters. The third-order valence-corrected chi connectivity index (χ3v) is 6.99. The van der Waals surface area contributed by atoms with Gasteiger partial charge < -0.3 is 10.6 Å². The molecule has 0 aromatic heterocycles. The molecule has 1 aliphatic carbocycles. The van der Waals surface area contributed by atoms with Gasteiger partial charge in [0, 0.05) is 29.7 Å². The number of sulfonamides is 1. The first kappa shape index (κ1) is 19.6. The van der Waals surface area contributed by atoms with Gasteiger partial charge in [-0.15, -0.1) is 12.4 Å². The number of benzene rings is 1. The zero-order valence-corrected chi connectivity index (χ0v) is 16.5. The number of hydrogen-bond donors (Lipinski definition) is 3. The molecule has 2 aliphatic heterocycles. The van der Waals surface area contributed by atoms with E-state index in [-0.39, 0.29) is 35.3 Å². The van der Waals surface area contributed by atoms with Crippen LogP contribution in [0.15, 0.2) is 23.1 Å². The summed E-state index contributed by atoms with van der Waals surface area (Å²) in [6.45, 7) is 1.84. The van der Waals surface area contributed by atoms with Crippen molar-refractivity contribution in [2.45, 2.75) is 74.5 Å². The summed E-state index contributed by atoms with van der Waals surface area (Å²) in [5.74, 6) is -0.174. The van der Waals surface area contributed by atoms with Crippen LogP contribution in [0, 0.1) is 6.92 Å². The molecule has 4 rings (SSSR count). The fourth-order valence-electron chi connectivity index (χ4n) is 3.94. The molecule has 2 unspecified atom stereocenters. The highest BCUT2D eigenvalue weighted by molar-refractivity contribution is 7.89. The van der Waals surface area contributed by atoms with E-state index in [1.165, 1.54) is 18.9 Å². The minimum absolute atomic E-state index is 0. The lowest BCUT2D eigenvalue weighted by Crippen LogP contribution is -2.48. The third-order valence-electron chi connectivity index (χ3n) is 5.47. The van der Waals surface area contributed by atoms with Crippen molar-refractivity contribution in [3.05, 3.63) is 29.3 Å². The Kier molecular flexibility index (Phi) is 5.63. The highest BCUT2D eigenvalue weighted by Crippen LogP contribution is 2.27. The number of nitrogens with one attached hydrogen (secondary N) is 3. The molecular weight excluding hydrogens is 374 g/mol. The largest absolute Gasteiger partial charge is 0.349 e. The van der Waals surface area contributed by atoms with Crippen molar-refractivity contribution in [3.8, 4) is 0 Å². The Hall–Kier alpha value is -1.15. The summed E-state index contributed by atoms with van der Waals surface area (Å²) in [6.07, 6.45) is 6.02. The SMILES string of the molecule is Cc1ccc(S(=O)(=O)NC2CC2)cc1C(=O)NC1CC2CCC(C1)N2.Cl. The number of amides is 1. The first-order chi connectivity index (χ1) is 11.9. The van der Waals surface area contributed by atoms with E-state index in [1.807, 2.05) is 6.92 Å². The Bertz CT molecular complexity index is 783. The van der Waals surface area contributed by atoms with Gasteiger partial charge in [-0.25, -0.2) is 13.1 Å². The Balaban J connectivity index is 0.00000196. The van der Waals surface area contributed by atoms with Crippen LogP contribution in [0.25, 0.3) is 0 Å². The van der Waals surface area contributed by atoms with Crippen molar-refractivity contribution in [2.24, 2.45) is 0 Å². The van der Waals surface area contributed by atoms with E-state index >= 15 is 0 Å². The molecule has 0 radical (unpaired) electrons. The number of carbonyl (C=O) groups is 1. The minimum Gasteiger partial charge on any atom is -0.349 e. The summed E-state index contributed by atoms with van der Waals surface area (Å²) in [5, 5.41) is 6.67. The Morgan fingerprint density at radius 1 is 1.08 bits per heavy atom. The van der Waals surface area contributed by atoms with E-state index in [0.717, 1.165) is 31.2 Å². The molecule has 1 aromatic carbocycles. The molecule has 3 N–H and O–H groups in total. The van der Waals surface area contributed by atoms with Gasteiger partial charge in [0.05, 0.1) is 4.90 Å². The maximum Gasteiger partial charge on any atom is 0.251 e. The number of rotatable bonds is 5. The van der Waals surface area contributed by atoms with E-state index in [4.69, 9.17) is 0 Å². The molecule has 1 saturated carbocycles. The quantitative estimate of drug-likeness (QED) is 0.705. The molecule has 2 heterocycles. The van der Waals surface area contributed by atoms with E-state index < -0.39 is 10.0 Å². The van der Waals surface area contributed by atoms with Crippen molar-refractivity contribution in [1.29, 1.82) is 0 Å². The molecule has 8 heteroatoms. The van der Waals surface area contributed by atoms with E-state index in [9.17, 15) is 13.2 Å². The lowest BCUT2D eigenvalue weighted by molar-refractivity contribution is 0.0923. The maximum atomic E-state index is 12.7. The summed E-state index contributed by atoms with van der Waals surface area (Å²) in [5.41, 5.74) is 1.24. The Morgan fingerprint density at radius 2 is 1.73 bits per heavy atom. The molecule has 0 spiro atoms. The molecule has 144 valence electrons. The van der Waals surface area contributed by atoms with Crippen LogP contribution in [0.4, 0.5) is 0 Å². The molecular formula is C18H26ClN3O3S. The maximum absolute atomic E-state index is 12.7. The molecule has 26 heavy (non-hydrogen) atoms. The first-order valence-corrected chi connectivity index (χ1v) is 10.6. The highest BCUT2D eigenvalue weighted by Gasteiger charge is 2.34. The van der Waals surface area contributed by atoms with Crippen molar-refractivity contribution in [2.75, 3.05) is 0 Å². The normalized spacial score (nSPS) is 27.7. The van der Waals surface area contributed by atoms with Crippen LogP contribution >= 0.6 is 12.4 Å². The number of hydrogen-bond acceptors (Lipinski definition) is 4. The van der Waals surface area contributed by atoms with Gasteiger partial charge in [0.2, 0.25) is 10.0 Å². The van der Waals surface area contributed by atoms with Gasteiger partial charge in [-0.1, -0.05) is 6.07 Å². The van der Waals surface area contributed by atoms with Crippen LogP contribution in [-0.4, -0.2) is 38.5 Å². The second kappa shape index (κ2) is 7.46. The molecule has 2 bridgehead atoms. The average molecular weight is 400 g/mol. The van der Waals surface area contributed by atoms with Gasteiger partial charge >= 0.3 is 0 Å². The van der Waals surface area contributed by atoms with E-state index in [0.29, 0.717) is 17.6 Å². The van der Waals surface area contributed by atoms with Crippen molar-refractivity contribution < 1.29 is 13.2 Å². The predicted molar refractivity (Wildman–Crippen MR) is 102 cm³/mol. The fourth-order valence-corrected chi connectivity index (χ4v) is 5.27. The molecule has 6 nitrogen and oxygen atoms in total. The smallest absolute Gasteiger partial charge is 0.251 e. The van der Waals surface area contributed by atoms with Crippen LogP contribution in [0.5, 0.6) is 0 Å². The summed E-state index contributed by atoms with van der Waals surface area (Å²) in [4.78, 5) is 12.9. The molecule has 2 saturated heterocycles. The van der Waals surface area contributed by atoms with Gasteiger partial charge in [-0.2, -0.15) is 0 Å². The fraction of sp³-hybridized carbons (Fsp3) is 0.611. The highest BCUT2D eigenvalue weighted by atomic mass is 35.5. The van der Waals surface area contributed by atoms with Crippen molar-refractivity contribution in [3.63, 3.8) is 0 Å². The average Bonchev–Trinajstić information content (AvgIpc) is 3.29. The van der Waals surface area contributed by atoms with Gasteiger partial charge in [0.25, 0.3) is 5.91 Å². The predicted octanol–water partition coefficient (Wildman–Crippen LogP) is 1.87. The van der Waals surface area contributed by atoms with Gasteiger partial charge in [-0.3, -0.25) is 4.79 Å². The van der Waals surface area contributed by atoms with Crippen LogP contribution in [0.3, 0.4) is 0 Å². The standard InChI is InChI=1S/C18H25N3O3S.ClH/c1-11-2-7-16(25(23,24)21-12-3-4-12)10-17(11)18(22)20-15-8-13-5-6-14(9-15)19-13;/h2,7,10,12-15,19,21H,3-6,8-9H2,1H3,(H,20,22);1H. The van der Waals surface area contributed by atoms with Crippen LogP contribution in [0.2, 0.25) is 0 Å². The van der Waals surface area contributed by atoms with E-state index in [1.54, 1.807) is 12.1 Å². The van der Waals surface area contributed by atoms with Crippen LogP contribution in [-0.2, 0) is 10.0 Å². The van der Waals surface area contributed by atoms with Crippen molar-refractivity contribution in [1.82, 2.24) is 15.4 Å².